The predicted molar refractivity (Wildman–Crippen MR) is 53.8 cm³/mol. The van der Waals surface area contributed by atoms with Gasteiger partial charge in [0, 0.05) is 0 Å². The van der Waals surface area contributed by atoms with Gasteiger partial charge in [0.25, 0.3) is 0 Å². The van der Waals surface area contributed by atoms with Gasteiger partial charge in [0.15, 0.2) is 12.0 Å². The molecule has 0 saturated heterocycles. The van der Waals surface area contributed by atoms with Crippen molar-refractivity contribution in [3.05, 3.63) is 21.0 Å². The average molecular weight is 331 g/mol. The van der Waals surface area contributed by atoms with E-state index in [4.69, 9.17) is 0 Å². The van der Waals surface area contributed by atoms with Crippen molar-refractivity contribution in [3.63, 3.8) is 0 Å². The summed E-state index contributed by atoms with van der Waals surface area (Å²) in [6.07, 6.45) is -3.62. The van der Waals surface area contributed by atoms with Gasteiger partial charge in [-0.25, -0.2) is 4.98 Å². The van der Waals surface area contributed by atoms with Gasteiger partial charge in [-0.2, -0.15) is 0 Å². The predicted octanol–water partition coefficient (Wildman–Crippen LogP) is 2.71. The zero-order chi connectivity index (χ0) is 11.6. The Bertz CT molecular complexity index is 392. The van der Waals surface area contributed by atoms with E-state index in [0.717, 1.165) is 6.20 Å². The van der Waals surface area contributed by atoms with E-state index in [0.29, 0.717) is 15.6 Å². The summed E-state index contributed by atoms with van der Waals surface area (Å²) in [6, 6.07) is 0. The number of rotatable bonds is 2. The highest BCUT2D eigenvalue weighted by atomic mass is 127. The maximum absolute atomic E-state index is 11.9. The van der Waals surface area contributed by atoms with Gasteiger partial charge < -0.3 is 4.74 Å². The molecule has 0 unspecified atom stereocenters. The maximum atomic E-state index is 11.9. The topological polar surface area (TPSA) is 39.2 Å². The molecular weight excluding hydrogens is 326 g/mol. The summed E-state index contributed by atoms with van der Waals surface area (Å²) in [5.41, 5.74) is 0.235. The summed E-state index contributed by atoms with van der Waals surface area (Å²) in [7, 11) is 0. The highest BCUT2D eigenvalue weighted by Gasteiger charge is 2.32. The Morgan fingerprint density at radius 3 is 2.60 bits per heavy atom. The molecule has 0 aliphatic heterocycles. The van der Waals surface area contributed by atoms with Gasteiger partial charge in [0.2, 0.25) is 0 Å². The highest BCUT2D eigenvalue weighted by molar-refractivity contribution is 14.1. The fourth-order valence-corrected chi connectivity index (χ4v) is 1.36. The summed E-state index contributed by atoms with van der Waals surface area (Å²) in [6.45, 7) is 1.50. The zero-order valence-electron chi connectivity index (χ0n) is 7.43. The second-order valence-electron chi connectivity index (χ2n) is 2.62. The number of aromatic nitrogens is 1. The Kier molecular flexibility index (Phi) is 3.53. The molecule has 0 spiro atoms. The molecule has 0 N–H and O–H groups in total. The number of aldehydes is 1. The molecule has 7 heteroatoms. The van der Waals surface area contributed by atoms with Crippen LogP contribution in [-0.2, 0) is 0 Å². The van der Waals surface area contributed by atoms with Gasteiger partial charge in [-0.1, -0.05) is 0 Å². The molecule has 15 heavy (non-hydrogen) atoms. The third-order valence-electron chi connectivity index (χ3n) is 1.62. The molecule has 0 aliphatic rings. The first-order chi connectivity index (χ1) is 6.85. The van der Waals surface area contributed by atoms with E-state index >= 15 is 0 Å². The van der Waals surface area contributed by atoms with Crippen LogP contribution in [0.2, 0.25) is 0 Å². The zero-order valence-corrected chi connectivity index (χ0v) is 9.59. The lowest BCUT2D eigenvalue weighted by Gasteiger charge is -2.12. The van der Waals surface area contributed by atoms with E-state index in [1.54, 1.807) is 0 Å². The lowest BCUT2D eigenvalue weighted by molar-refractivity contribution is -0.274. The maximum Gasteiger partial charge on any atom is 0.573 e. The second kappa shape index (κ2) is 4.33. The van der Waals surface area contributed by atoms with Gasteiger partial charge in [0.1, 0.15) is 3.70 Å². The molecule has 0 aliphatic carbocycles. The van der Waals surface area contributed by atoms with Crippen molar-refractivity contribution < 1.29 is 22.7 Å². The SMILES string of the molecule is Cc1c(I)ncc(OC(F)(F)F)c1C=O. The van der Waals surface area contributed by atoms with E-state index in [-0.39, 0.29) is 5.56 Å². The van der Waals surface area contributed by atoms with Crippen molar-refractivity contribution in [1.29, 1.82) is 0 Å². The first kappa shape index (κ1) is 12.2. The van der Waals surface area contributed by atoms with Crippen LogP contribution >= 0.6 is 22.6 Å². The molecule has 0 amide bonds. The summed E-state index contributed by atoms with van der Waals surface area (Å²) in [5.74, 6) is -0.574. The Labute approximate surface area is 96.8 Å². The minimum Gasteiger partial charge on any atom is -0.403 e. The number of hydrogen-bond acceptors (Lipinski definition) is 3. The Balaban J connectivity index is 3.19. The van der Waals surface area contributed by atoms with Crippen LogP contribution in [0, 0.1) is 10.6 Å². The van der Waals surface area contributed by atoms with Crippen LogP contribution in [0.3, 0.4) is 0 Å². The van der Waals surface area contributed by atoms with E-state index in [9.17, 15) is 18.0 Å². The van der Waals surface area contributed by atoms with Gasteiger partial charge in [-0.3, -0.25) is 4.79 Å². The lowest BCUT2D eigenvalue weighted by atomic mass is 10.2. The third kappa shape index (κ3) is 3.05. The van der Waals surface area contributed by atoms with Crippen LogP contribution in [0.25, 0.3) is 0 Å². The smallest absolute Gasteiger partial charge is 0.403 e. The minimum atomic E-state index is -4.82. The number of alkyl halides is 3. The number of halogens is 4. The number of hydrogen-bond donors (Lipinski definition) is 0. The molecule has 1 heterocycles. The first-order valence-electron chi connectivity index (χ1n) is 3.71. The van der Waals surface area contributed by atoms with Crippen molar-refractivity contribution in [3.8, 4) is 5.75 Å². The molecule has 0 bridgehead atoms. The van der Waals surface area contributed by atoms with Crippen LogP contribution in [-0.4, -0.2) is 17.6 Å². The molecule has 0 atom stereocenters. The fraction of sp³-hybridized carbons (Fsp3) is 0.250. The summed E-state index contributed by atoms with van der Waals surface area (Å²) >= 11 is 1.82. The summed E-state index contributed by atoms with van der Waals surface area (Å²) in [4.78, 5) is 14.3. The molecule has 0 fully saturated rings. The molecule has 0 radical (unpaired) electrons. The van der Waals surface area contributed by atoms with Crippen molar-refractivity contribution in [1.82, 2.24) is 4.98 Å². The number of ether oxygens (including phenoxy) is 1. The molecule has 0 aromatic carbocycles. The van der Waals surface area contributed by atoms with Crippen LogP contribution in [0.1, 0.15) is 15.9 Å². The van der Waals surface area contributed by atoms with Gasteiger partial charge >= 0.3 is 6.36 Å². The summed E-state index contributed by atoms with van der Waals surface area (Å²) in [5, 5.41) is 0. The second-order valence-corrected chi connectivity index (χ2v) is 3.64. The Morgan fingerprint density at radius 2 is 2.13 bits per heavy atom. The fourth-order valence-electron chi connectivity index (χ4n) is 0.930. The lowest BCUT2D eigenvalue weighted by Crippen LogP contribution is -2.18. The van der Waals surface area contributed by atoms with Gasteiger partial charge in [0.05, 0.1) is 11.8 Å². The highest BCUT2D eigenvalue weighted by Crippen LogP contribution is 2.28. The van der Waals surface area contributed by atoms with Crippen LogP contribution in [0.5, 0.6) is 5.75 Å². The number of pyridine rings is 1. The van der Waals surface area contributed by atoms with Crippen LogP contribution in [0.15, 0.2) is 6.20 Å². The molecule has 82 valence electrons. The van der Waals surface area contributed by atoms with Crippen molar-refractivity contribution in [2.24, 2.45) is 0 Å². The van der Waals surface area contributed by atoms with Crippen molar-refractivity contribution in [2.45, 2.75) is 13.3 Å². The first-order valence-corrected chi connectivity index (χ1v) is 4.79. The number of carbonyl (C=O) groups is 1. The standard InChI is InChI=1S/C8H5F3INO2/c1-4-5(3-14)6(2-13-7(4)12)15-8(9,10)11/h2-3H,1H3. The minimum absolute atomic E-state index is 0.133. The van der Waals surface area contributed by atoms with Gasteiger partial charge in [-0.15, -0.1) is 13.2 Å². The largest absolute Gasteiger partial charge is 0.573 e. The monoisotopic (exact) mass is 331 g/mol. The quantitative estimate of drug-likeness (QED) is 0.475. The van der Waals surface area contributed by atoms with Crippen LogP contribution < -0.4 is 4.74 Å². The Morgan fingerprint density at radius 1 is 1.53 bits per heavy atom. The number of nitrogens with zero attached hydrogens (tertiary/aromatic N) is 1. The normalized spacial score (nSPS) is 11.3. The van der Waals surface area contributed by atoms with Crippen molar-refractivity contribution >= 4 is 28.9 Å². The summed E-state index contributed by atoms with van der Waals surface area (Å²) < 4.78 is 39.9. The molecule has 1 aromatic heterocycles. The molecule has 1 rings (SSSR count). The van der Waals surface area contributed by atoms with E-state index < -0.39 is 12.1 Å². The molecular formula is C8H5F3INO2. The van der Waals surface area contributed by atoms with Crippen LogP contribution in [0.4, 0.5) is 13.2 Å². The average Bonchev–Trinajstić information content (AvgIpc) is 2.10. The molecule has 3 nitrogen and oxygen atoms in total. The van der Waals surface area contributed by atoms with E-state index in [1.165, 1.54) is 6.92 Å². The van der Waals surface area contributed by atoms with E-state index in [2.05, 4.69) is 9.72 Å². The third-order valence-corrected chi connectivity index (χ3v) is 2.71. The van der Waals surface area contributed by atoms with Gasteiger partial charge in [-0.05, 0) is 35.1 Å². The Hall–Kier alpha value is -0.860. The molecule has 1 aromatic rings. The number of carbonyl (C=O) groups excluding carboxylic acids is 1. The molecule has 0 saturated carbocycles. The van der Waals surface area contributed by atoms with E-state index in [1.807, 2.05) is 22.6 Å². The van der Waals surface area contributed by atoms with Crippen molar-refractivity contribution in [2.75, 3.05) is 0 Å².